The average molecular weight is 174 g/mol. The van der Waals surface area contributed by atoms with Crippen LogP contribution < -0.4 is 0 Å². The van der Waals surface area contributed by atoms with Gasteiger partial charge in [-0.1, -0.05) is 19.3 Å². The molecular formula is C11H14N2. The molecule has 0 unspecified atom stereocenters. The van der Waals surface area contributed by atoms with Gasteiger partial charge in [0.15, 0.2) is 0 Å². The van der Waals surface area contributed by atoms with Gasteiger partial charge in [0.1, 0.15) is 11.8 Å². The molecule has 1 fully saturated rings. The highest BCUT2D eigenvalue weighted by Gasteiger charge is 2.16. The number of hydrogen-bond acceptors (Lipinski definition) is 1. The molecule has 1 aromatic heterocycles. The Hall–Kier alpha value is -1.23. The SMILES string of the molecule is N#Cc1cccn1C1CCCCC1. The molecule has 68 valence electrons. The Balaban J connectivity index is 2.19. The molecule has 0 spiro atoms. The van der Waals surface area contributed by atoms with Crippen molar-refractivity contribution in [3.63, 3.8) is 0 Å². The first-order valence-electron chi connectivity index (χ1n) is 4.99. The zero-order valence-corrected chi connectivity index (χ0v) is 7.74. The van der Waals surface area contributed by atoms with E-state index in [0.717, 1.165) is 5.69 Å². The van der Waals surface area contributed by atoms with Crippen LogP contribution in [0.3, 0.4) is 0 Å². The second kappa shape index (κ2) is 3.66. The van der Waals surface area contributed by atoms with Gasteiger partial charge in [-0.3, -0.25) is 0 Å². The molecule has 1 aromatic rings. The second-order valence-electron chi connectivity index (χ2n) is 3.70. The highest BCUT2D eigenvalue weighted by atomic mass is 15.0. The summed E-state index contributed by atoms with van der Waals surface area (Å²) < 4.78 is 2.14. The lowest BCUT2D eigenvalue weighted by atomic mass is 9.95. The Bertz CT molecular complexity index is 313. The number of hydrogen-bond donors (Lipinski definition) is 0. The Morgan fingerprint density at radius 3 is 2.77 bits per heavy atom. The van der Waals surface area contributed by atoms with Crippen LogP contribution in [0.4, 0.5) is 0 Å². The topological polar surface area (TPSA) is 28.7 Å². The van der Waals surface area contributed by atoms with E-state index in [2.05, 4.69) is 10.6 Å². The molecule has 2 rings (SSSR count). The first kappa shape index (κ1) is 8.37. The minimum Gasteiger partial charge on any atom is -0.336 e. The maximum atomic E-state index is 8.87. The summed E-state index contributed by atoms with van der Waals surface area (Å²) in [7, 11) is 0. The van der Waals surface area contributed by atoms with Gasteiger partial charge in [-0.25, -0.2) is 0 Å². The zero-order valence-electron chi connectivity index (χ0n) is 7.74. The fourth-order valence-corrected chi connectivity index (χ4v) is 2.17. The molecule has 0 aromatic carbocycles. The maximum absolute atomic E-state index is 8.87. The molecule has 1 heterocycles. The van der Waals surface area contributed by atoms with E-state index in [0.29, 0.717) is 6.04 Å². The quantitative estimate of drug-likeness (QED) is 0.643. The lowest BCUT2D eigenvalue weighted by molar-refractivity contribution is 0.352. The highest BCUT2D eigenvalue weighted by Crippen LogP contribution is 2.28. The molecule has 0 bridgehead atoms. The highest BCUT2D eigenvalue weighted by molar-refractivity contribution is 5.22. The molecule has 0 aliphatic heterocycles. The van der Waals surface area contributed by atoms with Crippen LogP contribution in [-0.2, 0) is 0 Å². The molecule has 0 atom stereocenters. The van der Waals surface area contributed by atoms with E-state index in [1.807, 2.05) is 18.3 Å². The number of nitrogens with zero attached hydrogens (tertiary/aromatic N) is 2. The molecule has 1 aliphatic rings. The van der Waals surface area contributed by atoms with Crippen molar-refractivity contribution >= 4 is 0 Å². The minimum atomic E-state index is 0.582. The van der Waals surface area contributed by atoms with Gasteiger partial charge in [-0.2, -0.15) is 5.26 Å². The van der Waals surface area contributed by atoms with Gasteiger partial charge in [0, 0.05) is 12.2 Å². The molecule has 1 aliphatic carbocycles. The Morgan fingerprint density at radius 1 is 1.31 bits per heavy atom. The fraction of sp³-hybridized carbons (Fsp3) is 0.545. The van der Waals surface area contributed by atoms with Crippen LogP contribution in [-0.4, -0.2) is 4.57 Å². The summed E-state index contributed by atoms with van der Waals surface area (Å²) in [5.41, 5.74) is 0.812. The van der Waals surface area contributed by atoms with E-state index < -0.39 is 0 Å². The van der Waals surface area contributed by atoms with Crippen molar-refractivity contribution in [3.05, 3.63) is 24.0 Å². The van der Waals surface area contributed by atoms with Crippen LogP contribution in [0.25, 0.3) is 0 Å². The predicted molar refractivity (Wildman–Crippen MR) is 51.3 cm³/mol. The first-order valence-corrected chi connectivity index (χ1v) is 4.99. The van der Waals surface area contributed by atoms with Gasteiger partial charge < -0.3 is 4.57 Å². The Morgan fingerprint density at radius 2 is 2.08 bits per heavy atom. The Kier molecular flexibility index (Phi) is 2.35. The lowest BCUT2D eigenvalue weighted by Crippen LogP contribution is -2.13. The van der Waals surface area contributed by atoms with E-state index >= 15 is 0 Å². The third-order valence-electron chi connectivity index (χ3n) is 2.86. The lowest BCUT2D eigenvalue weighted by Gasteiger charge is -2.23. The third kappa shape index (κ3) is 1.60. The summed E-state index contributed by atoms with van der Waals surface area (Å²) >= 11 is 0. The van der Waals surface area contributed by atoms with Crippen molar-refractivity contribution in [2.75, 3.05) is 0 Å². The first-order chi connectivity index (χ1) is 6.42. The second-order valence-corrected chi connectivity index (χ2v) is 3.70. The van der Waals surface area contributed by atoms with Crippen LogP contribution in [0.2, 0.25) is 0 Å². The zero-order chi connectivity index (χ0) is 9.10. The molecular weight excluding hydrogens is 160 g/mol. The monoisotopic (exact) mass is 174 g/mol. The van der Waals surface area contributed by atoms with E-state index in [4.69, 9.17) is 5.26 Å². The molecule has 0 radical (unpaired) electrons. The largest absolute Gasteiger partial charge is 0.336 e. The maximum Gasteiger partial charge on any atom is 0.120 e. The molecule has 2 nitrogen and oxygen atoms in total. The predicted octanol–water partition coefficient (Wildman–Crippen LogP) is 2.86. The van der Waals surface area contributed by atoms with E-state index in [-0.39, 0.29) is 0 Å². The molecule has 2 heteroatoms. The van der Waals surface area contributed by atoms with Crippen LogP contribution in [0.15, 0.2) is 18.3 Å². The Labute approximate surface area is 78.8 Å². The number of aromatic nitrogens is 1. The normalized spacial score (nSPS) is 18.4. The van der Waals surface area contributed by atoms with Gasteiger partial charge in [0.2, 0.25) is 0 Å². The summed E-state index contributed by atoms with van der Waals surface area (Å²) in [5.74, 6) is 0. The van der Waals surface area contributed by atoms with Crippen LogP contribution in [0, 0.1) is 11.3 Å². The van der Waals surface area contributed by atoms with Crippen LogP contribution in [0.1, 0.15) is 43.8 Å². The summed E-state index contributed by atoms with van der Waals surface area (Å²) in [5, 5.41) is 8.87. The van der Waals surface area contributed by atoms with Gasteiger partial charge in [0.05, 0.1) is 0 Å². The van der Waals surface area contributed by atoms with Gasteiger partial charge in [-0.05, 0) is 25.0 Å². The third-order valence-corrected chi connectivity index (χ3v) is 2.86. The molecule has 13 heavy (non-hydrogen) atoms. The van der Waals surface area contributed by atoms with E-state index in [9.17, 15) is 0 Å². The van der Waals surface area contributed by atoms with Crippen LogP contribution in [0.5, 0.6) is 0 Å². The number of rotatable bonds is 1. The molecule has 0 amide bonds. The van der Waals surface area contributed by atoms with Crippen molar-refractivity contribution in [1.29, 1.82) is 5.26 Å². The smallest absolute Gasteiger partial charge is 0.120 e. The van der Waals surface area contributed by atoms with E-state index in [1.54, 1.807) is 0 Å². The van der Waals surface area contributed by atoms with Crippen molar-refractivity contribution in [2.24, 2.45) is 0 Å². The minimum absolute atomic E-state index is 0.582. The summed E-state index contributed by atoms with van der Waals surface area (Å²) in [6.07, 6.45) is 8.50. The average Bonchev–Trinajstić information content (AvgIpc) is 2.67. The fourth-order valence-electron chi connectivity index (χ4n) is 2.17. The molecule has 1 saturated carbocycles. The molecule has 0 N–H and O–H groups in total. The standard InChI is InChI=1S/C11H14N2/c12-9-11-7-4-8-13(11)10-5-2-1-3-6-10/h4,7-8,10H,1-3,5-6H2. The van der Waals surface area contributed by atoms with E-state index in [1.165, 1.54) is 32.1 Å². The van der Waals surface area contributed by atoms with Gasteiger partial charge in [0.25, 0.3) is 0 Å². The van der Waals surface area contributed by atoms with Crippen molar-refractivity contribution < 1.29 is 0 Å². The van der Waals surface area contributed by atoms with Gasteiger partial charge in [-0.15, -0.1) is 0 Å². The van der Waals surface area contributed by atoms with Gasteiger partial charge >= 0.3 is 0 Å². The number of nitriles is 1. The van der Waals surface area contributed by atoms with Crippen molar-refractivity contribution in [3.8, 4) is 6.07 Å². The van der Waals surface area contributed by atoms with Crippen molar-refractivity contribution in [1.82, 2.24) is 4.57 Å². The summed E-state index contributed by atoms with van der Waals surface area (Å²) in [4.78, 5) is 0. The summed E-state index contributed by atoms with van der Waals surface area (Å²) in [6.45, 7) is 0. The summed E-state index contributed by atoms with van der Waals surface area (Å²) in [6, 6.07) is 6.68. The van der Waals surface area contributed by atoms with Crippen molar-refractivity contribution in [2.45, 2.75) is 38.1 Å². The van der Waals surface area contributed by atoms with Crippen LogP contribution >= 0.6 is 0 Å². The molecule has 0 saturated heterocycles.